The van der Waals surface area contributed by atoms with Crippen LogP contribution in [0.3, 0.4) is 0 Å². The first-order valence-electron chi connectivity index (χ1n) is 20.1. The Labute approximate surface area is 338 Å². The molecule has 11 nitrogen and oxygen atoms in total. The monoisotopic (exact) mass is 797 g/mol. The first kappa shape index (κ1) is 39.0. The molecule has 2 amide bonds. The zero-order valence-corrected chi connectivity index (χ0v) is 33.3. The Balaban J connectivity index is 0.869. The minimum atomic E-state index is -3.91. The van der Waals surface area contributed by atoms with Crippen molar-refractivity contribution in [1.29, 1.82) is 0 Å². The second kappa shape index (κ2) is 16.5. The average molecular weight is 798 g/mol. The van der Waals surface area contributed by atoms with Crippen LogP contribution in [-0.4, -0.2) is 59.3 Å². The van der Waals surface area contributed by atoms with Crippen molar-refractivity contribution in [2.75, 3.05) is 22.7 Å². The van der Waals surface area contributed by atoms with Gasteiger partial charge in [0, 0.05) is 46.7 Å². The van der Waals surface area contributed by atoms with Crippen LogP contribution in [0.4, 0.5) is 11.4 Å². The van der Waals surface area contributed by atoms with Crippen LogP contribution in [0.25, 0.3) is 27.7 Å². The van der Waals surface area contributed by atoms with E-state index in [0.717, 1.165) is 57.0 Å². The zero-order chi connectivity index (χ0) is 40.4. The van der Waals surface area contributed by atoms with Crippen LogP contribution < -0.4 is 9.62 Å². The van der Waals surface area contributed by atoms with Crippen molar-refractivity contribution in [3.8, 4) is 11.4 Å². The molecule has 5 aromatic rings. The van der Waals surface area contributed by atoms with Gasteiger partial charge in [0.25, 0.3) is 15.9 Å². The first-order valence-corrected chi connectivity index (χ1v) is 21.6. The number of hydrogen-bond acceptors (Lipinski definition) is 7. The number of sulfonamides is 1. The van der Waals surface area contributed by atoms with E-state index in [1.54, 1.807) is 18.2 Å². The van der Waals surface area contributed by atoms with E-state index in [9.17, 15) is 27.9 Å². The van der Waals surface area contributed by atoms with Crippen molar-refractivity contribution in [3.63, 3.8) is 0 Å². The highest BCUT2D eigenvalue weighted by Gasteiger charge is 2.36. The van der Waals surface area contributed by atoms with Crippen LogP contribution >= 0.6 is 0 Å². The van der Waals surface area contributed by atoms with Crippen molar-refractivity contribution in [2.45, 2.75) is 69.7 Å². The van der Waals surface area contributed by atoms with Gasteiger partial charge in [0.2, 0.25) is 5.91 Å². The van der Waals surface area contributed by atoms with Crippen molar-refractivity contribution >= 4 is 55.5 Å². The van der Waals surface area contributed by atoms with Gasteiger partial charge in [0.1, 0.15) is 13.1 Å². The Morgan fingerprint density at radius 3 is 2.21 bits per heavy atom. The molecule has 1 atom stereocenters. The Kier molecular flexibility index (Phi) is 11.1. The molecular formula is C46H47N5O6S. The number of allylic oxidation sites excluding steroid dienone is 2. The maximum absolute atomic E-state index is 13.6. The molecule has 2 aliphatic carbocycles. The smallest absolute Gasteiger partial charge is 0.323 e. The van der Waals surface area contributed by atoms with Crippen LogP contribution in [-0.2, 0) is 26.2 Å². The van der Waals surface area contributed by atoms with Gasteiger partial charge in [0.05, 0.1) is 10.6 Å². The first-order chi connectivity index (χ1) is 28.1. The van der Waals surface area contributed by atoms with E-state index < -0.39 is 40.9 Å². The molecular weight excluding hydrogens is 751 g/mol. The minimum absolute atomic E-state index is 0.0539. The summed E-state index contributed by atoms with van der Waals surface area (Å²) in [6.45, 7) is 1.43. The number of hydrogen-bond donors (Lipinski definition) is 2. The maximum atomic E-state index is 13.6. The molecule has 58 heavy (non-hydrogen) atoms. The van der Waals surface area contributed by atoms with Crippen molar-refractivity contribution in [3.05, 3.63) is 120 Å². The molecule has 1 aliphatic heterocycles. The predicted molar refractivity (Wildman–Crippen MR) is 224 cm³/mol. The van der Waals surface area contributed by atoms with Gasteiger partial charge in [-0.2, -0.15) is 0 Å². The molecule has 1 unspecified atom stereocenters. The Morgan fingerprint density at radius 1 is 0.845 bits per heavy atom. The van der Waals surface area contributed by atoms with Crippen LogP contribution in [0.1, 0.15) is 79.8 Å². The minimum Gasteiger partial charge on any atom is -0.480 e. The predicted octanol–water partition coefficient (Wildman–Crippen LogP) is 8.57. The molecule has 12 heteroatoms. The molecule has 3 aliphatic rings. The molecule has 2 N–H and O–H groups in total. The van der Waals surface area contributed by atoms with Gasteiger partial charge in [-0.15, -0.1) is 0 Å². The van der Waals surface area contributed by atoms with Crippen LogP contribution in [0.2, 0.25) is 0 Å². The number of carboxylic acid groups (broad SMARTS) is 1. The van der Waals surface area contributed by atoms with Crippen molar-refractivity contribution in [2.24, 2.45) is 17.8 Å². The number of rotatable bonds is 12. The fraction of sp³-hybridized carbons (Fsp3) is 0.326. The quantitative estimate of drug-likeness (QED) is 0.128. The third-order valence-corrected chi connectivity index (χ3v) is 14.0. The lowest BCUT2D eigenvalue weighted by atomic mass is 9.71. The summed E-state index contributed by atoms with van der Waals surface area (Å²) in [4.78, 5) is 49.2. The van der Waals surface area contributed by atoms with Crippen molar-refractivity contribution < 1.29 is 27.9 Å². The molecule has 1 fully saturated rings. The summed E-state index contributed by atoms with van der Waals surface area (Å²) in [6, 6.07) is 23.8. The van der Waals surface area contributed by atoms with Gasteiger partial charge in [-0.05, 0) is 103 Å². The molecule has 0 spiro atoms. The number of anilines is 2. The molecule has 2 heterocycles. The number of aliphatic carboxylic acids is 1. The van der Waals surface area contributed by atoms with Gasteiger partial charge >= 0.3 is 5.97 Å². The average Bonchev–Trinajstić information content (AvgIpc) is 3.46. The molecule has 0 radical (unpaired) electrons. The second-order valence-corrected chi connectivity index (χ2v) is 17.6. The summed E-state index contributed by atoms with van der Waals surface area (Å²) < 4.78 is 27.7. The highest BCUT2D eigenvalue weighted by molar-refractivity contribution is 7.93. The lowest BCUT2D eigenvalue weighted by molar-refractivity contribution is -0.137. The highest BCUT2D eigenvalue weighted by Crippen LogP contribution is 2.43. The van der Waals surface area contributed by atoms with Gasteiger partial charge < -0.3 is 15.3 Å². The molecule has 1 aromatic heterocycles. The number of carbonyl (C=O) groups excluding carboxylic acids is 2. The van der Waals surface area contributed by atoms with Crippen LogP contribution in [0.15, 0.2) is 108 Å². The summed E-state index contributed by atoms with van der Waals surface area (Å²) >= 11 is 0. The van der Waals surface area contributed by atoms with Gasteiger partial charge in [-0.1, -0.05) is 80.8 Å². The molecule has 0 bridgehead atoms. The normalized spacial score (nSPS) is 19.7. The number of carbonyl (C=O) groups is 3. The van der Waals surface area contributed by atoms with Crippen LogP contribution in [0.5, 0.6) is 0 Å². The van der Waals surface area contributed by atoms with Crippen LogP contribution in [0, 0.1) is 17.8 Å². The lowest BCUT2D eigenvalue weighted by Gasteiger charge is -2.35. The number of benzene rings is 4. The second-order valence-electron chi connectivity index (χ2n) is 15.8. The number of amides is 2. The van der Waals surface area contributed by atoms with E-state index in [0.29, 0.717) is 22.6 Å². The fourth-order valence-corrected chi connectivity index (χ4v) is 10.6. The van der Waals surface area contributed by atoms with E-state index in [1.807, 2.05) is 48.8 Å². The third kappa shape index (κ3) is 8.11. The Hall–Kier alpha value is -5.88. The number of carboxylic acids is 1. The molecule has 298 valence electrons. The van der Waals surface area contributed by atoms with E-state index in [4.69, 9.17) is 0 Å². The summed E-state index contributed by atoms with van der Waals surface area (Å²) in [5.41, 5.74) is 4.97. The van der Waals surface area contributed by atoms with E-state index in [2.05, 4.69) is 28.3 Å². The topological polar surface area (TPSA) is 150 Å². The Bertz CT molecular complexity index is 2470. The summed E-state index contributed by atoms with van der Waals surface area (Å²) in [5.74, 6) is 0.954. The molecule has 0 saturated heterocycles. The number of aromatic nitrogens is 2. The summed E-state index contributed by atoms with van der Waals surface area (Å²) in [7, 11) is -3.91. The largest absolute Gasteiger partial charge is 0.480 e. The van der Waals surface area contributed by atoms with Gasteiger partial charge in [-0.25, -0.2) is 18.4 Å². The Morgan fingerprint density at radius 2 is 1.55 bits per heavy atom. The summed E-state index contributed by atoms with van der Waals surface area (Å²) in [5, 5.41) is 13.7. The number of nitrogens with zero attached hydrogens (tertiary/aromatic N) is 4. The fourth-order valence-electron chi connectivity index (χ4n) is 8.94. The van der Waals surface area contributed by atoms with E-state index in [-0.39, 0.29) is 17.0 Å². The maximum Gasteiger partial charge on any atom is 0.323 e. The van der Waals surface area contributed by atoms with E-state index >= 15 is 0 Å². The van der Waals surface area contributed by atoms with E-state index in [1.165, 1.54) is 79.3 Å². The SMILES string of the molecule is CC[C@H]1CC[C@H](C2CC=C(c3cnc(-c4ccc(CN(CC(=O)O)C(=O)c5ccc(NC(=O)CN6c7cccc8cccc(c78)S6(=O)=O)cc5)cc4)nc3)CC2)CC1. The summed E-state index contributed by atoms with van der Waals surface area (Å²) in [6.07, 6.45) is 16.4. The van der Waals surface area contributed by atoms with Crippen molar-refractivity contribution in [1.82, 2.24) is 14.9 Å². The lowest BCUT2D eigenvalue weighted by Crippen LogP contribution is -2.35. The molecule has 4 aromatic carbocycles. The zero-order valence-electron chi connectivity index (χ0n) is 32.5. The van der Waals surface area contributed by atoms with Gasteiger partial charge in [-0.3, -0.25) is 18.7 Å². The number of nitrogens with one attached hydrogen (secondary N) is 1. The molecule has 1 saturated carbocycles. The van der Waals surface area contributed by atoms with Gasteiger partial charge in [0.15, 0.2) is 5.82 Å². The third-order valence-electron chi connectivity index (χ3n) is 12.2. The standard InChI is InChI=1S/C46H47N5O6S/c1-2-30-9-13-32(14-10-30)33-17-19-34(20-18-33)38-25-47-45(48-26-38)36-15-11-31(12-16-36)27-50(29-43(53)54)46(55)37-21-23-39(24-22-37)49-42(52)28-51-40-7-3-5-35-6-4-8-41(44(35)40)58(51,56)57/h3-8,11-12,15-16,19,21-26,30,32-33H,2,9-10,13-14,17-18,20,27-29H2,1H3,(H,49,52)(H,53,54)/t30-,32-,33?. The highest BCUT2D eigenvalue weighted by atomic mass is 32.2. The molecule has 8 rings (SSSR count).